The van der Waals surface area contributed by atoms with E-state index >= 15 is 4.39 Å². The Bertz CT molecular complexity index is 1590. The Balaban J connectivity index is 1.50. The van der Waals surface area contributed by atoms with Crippen molar-refractivity contribution in [3.63, 3.8) is 0 Å². The van der Waals surface area contributed by atoms with Gasteiger partial charge in [-0.3, -0.25) is 4.98 Å². The third-order valence-corrected chi connectivity index (χ3v) is 8.61. The summed E-state index contributed by atoms with van der Waals surface area (Å²) in [6.07, 6.45) is 4.18. The highest BCUT2D eigenvalue weighted by Gasteiger charge is 2.39. The number of pyridine rings is 1. The first-order chi connectivity index (χ1) is 17.6. The van der Waals surface area contributed by atoms with E-state index < -0.39 is 27.3 Å². The zero-order valence-electron chi connectivity index (χ0n) is 19.7. The third kappa shape index (κ3) is 5.01. The van der Waals surface area contributed by atoms with Crippen molar-refractivity contribution in [2.24, 2.45) is 0 Å². The van der Waals surface area contributed by atoms with Crippen LogP contribution in [-0.2, 0) is 15.4 Å². The van der Waals surface area contributed by atoms with E-state index in [2.05, 4.69) is 20.3 Å². The SMILES string of the molecule is CC(Nc1c(Cl)cnc2cc(F)c(-c3cnc(C4(O)CCS(=O)(=O)CC4)nc3)cc12)c1ccccc1F. The van der Waals surface area contributed by atoms with Gasteiger partial charge < -0.3 is 10.4 Å². The predicted octanol–water partition coefficient (Wildman–Crippen LogP) is 5.19. The number of halogens is 3. The van der Waals surface area contributed by atoms with Crippen LogP contribution in [0.15, 0.2) is 55.0 Å². The molecule has 11 heteroatoms. The second-order valence-corrected chi connectivity index (χ2v) is 11.9. The molecule has 7 nitrogen and oxygen atoms in total. The van der Waals surface area contributed by atoms with E-state index in [0.717, 1.165) is 0 Å². The van der Waals surface area contributed by atoms with Gasteiger partial charge in [-0.05, 0) is 31.9 Å². The minimum atomic E-state index is -3.18. The van der Waals surface area contributed by atoms with E-state index in [1.54, 1.807) is 31.2 Å². The second-order valence-electron chi connectivity index (χ2n) is 9.20. The van der Waals surface area contributed by atoms with Crippen LogP contribution in [0.25, 0.3) is 22.0 Å². The third-order valence-electron chi connectivity index (χ3n) is 6.68. The highest BCUT2D eigenvalue weighted by atomic mass is 35.5. The van der Waals surface area contributed by atoms with E-state index in [4.69, 9.17) is 11.6 Å². The van der Waals surface area contributed by atoms with E-state index in [-0.39, 0.29) is 46.6 Å². The Labute approximate surface area is 217 Å². The summed E-state index contributed by atoms with van der Waals surface area (Å²) in [6, 6.07) is 8.79. The molecule has 0 saturated carbocycles. The molecular weight excluding hydrogens is 522 g/mol. The molecular formula is C26H23ClF2N4O3S. The number of anilines is 1. The van der Waals surface area contributed by atoms with Crippen molar-refractivity contribution in [1.29, 1.82) is 0 Å². The van der Waals surface area contributed by atoms with Crippen molar-refractivity contribution in [3.8, 4) is 11.1 Å². The summed E-state index contributed by atoms with van der Waals surface area (Å²) in [7, 11) is -3.18. The normalized spacial score (nSPS) is 17.4. The minimum absolute atomic E-state index is 0.00158. The summed E-state index contributed by atoms with van der Waals surface area (Å²) in [5.41, 5.74) is 0.348. The van der Waals surface area contributed by atoms with Gasteiger partial charge in [0.25, 0.3) is 0 Å². The molecule has 1 aliphatic heterocycles. The number of hydrogen-bond acceptors (Lipinski definition) is 7. The van der Waals surface area contributed by atoms with Gasteiger partial charge in [-0.2, -0.15) is 0 Å². The van der Waals surface area contributed by atoms with Crippen molar-refractivity contribution < 1.29 is 22.3 Å². The Hall–Kier alpha value is -3.21. The molecule has 1 aliphatic rings. The van der Waals surface area contributed by atoms with Gasteiger partial charge in [-0.15, -0.1) is 0 Å². The average Bonchev–Trinajstić information content (AvgIpc) is 2.88. The van der Waals surface area contributed by atoms with Crippen LogP contribution in [-0.4, -0.2) is 40.0 Å². The van der Waals surface area contributed by atoms with Crippen molar-refractivity contribution in [2.75, 3.05) is 16.8 Å². The number of nitrogens with zero attached hydrogens (tertiary/aromatic N) is 3. The Morgan fingerprint density at radius 3 is 2.38 bits per heavy atom. The van der Waals surface area contributed by atoms with Crippen molar-refractivity contribution in [1.82, 2.24) is 15.0 Å². The molecule has 1 unspecified atom stereocenters. The number of aromatic nitrogens is 3. The van der Waals surface area contributed by atoms with Crippen LogP contribution >= 0.6 is 11.6 Å². The number of nitrogens with one attached hydrogen (secondary N) is 1. The largest absolute Gasteiger partial charge is 0.382 e. The lowest BCUT2D eigenvalue weighted by molar-refractivity contribution is 0.0173. The predicted molar refractivity (Wildman–Crippen MR) is 138 cm³/mol. The molecule has 1 fully saturated rings. The fourth-order valence-corrected chi connectivity index (χ4v) is 6.19. The van der Waals surface area contributed by atoms with Gasteiger partial charge in [0, 0.05) is 46.7 Å². The smallest absolute Gasteiger partial charge is 0.160 e. The fraction of sp³-hybridized carbons (Fsp3) is 0.269. The molecule has 0 radical (unpaired) electrons. The fourth-order valence-electron chi connectivity index (χ4n) is 4.48. The molecule has 2 N–H and O–H groups in total. The number of benzene rings is 2. The van der Waals surface area contributed by atoms with Crippen LogP contribution < -0.4 is 5.32 Å². The molecule has 2 aromatic carbocycles. The first-order valence-corrected chi connectivity index (χ1v) is 13.8. The molecule has 1 atom stereocenters. The van der Waals surface area contributed by atoms with Gasteiger partial charge in [-0.1, -0.05) is 29.8 Å². The van der Waals surface area contributed by atoms with Crippen molar-refractivity contribution >= 4 is 38.0 Å². The van der Waals surface area contributed by atoms with Crippen molar-refractivity contribution in [3.05, 3.63) is 83.0 Å². The van der Waals surface area contributed by atoms with E-state index in [0.29, 0.717) is 27.7 Å². The molecule has 1 saturated heterocycles. The van der Waals surface area contributed by atoms with Crippen LogP contribution in [0.3, 0.4) is 0 Å². The molecule has 0 amide bonds. The Kier molecular flexibility index (Phi) is 6.59. The standard InChI is InChI=1S/C26H23ClF2N4O3S/c1-15(17-4-2-3-5-21(17)28)33-24-19-10-18(22(29)11-23(19)30-14-20(24)27)16-12-31-25(32-13-16)26(34)6-8-37(35,36)9-7-26/h2-5,10-15,34H,6-9H2,1H3,(H,30,33). The quantitative estimate of drug-likeness (QED) is 0.356. The van der Waals surface area contributed by atoms with Crippen LogP contribution in [0, 0.1) is 11.6 Å². The molecule has 0 spiro atoms. The summed E-state index contributed by atoms with van der Waals surface area (Å²) < 4.78 is 52.9. The van der Waals surface area contributed by atoms with Gasteiger partial charge in [-0.25, -0.2) is 27.2 Å². The van der Waals surface area contributed by atoms with E-state index in [1.807, 2.05) is 0 Å². The number of rotatable bonds is 5. The first-order valence-electron chi connectivity index (χ1n) is 11.6. The minimum Gasteiger partial charge on any atom is -0.382 e. The van der Waals surface area contributed by atoms with Gasteiger partial charge in [0.15, 0.2) is 15.7 Å². The maximum absolute atomic E-state index is 15.1. The zero-order chi connectivity index (χ0) is 26.4. The molecule has 0 bridgehead atoms. The number of sulfone groups is 1. The van der Waals surface area contributed by atoms with Crippen molar-refractivity contribution in [2.45, 2.75) is 31.4 Å². The molecule has 37 heavy (non-hydrogen) atoms. The monoisotopic (exact) mass is 544 g/mol. The topological polar surface area (TPSA) is 105 Å². The molecule has 192 valence electrons. The maximum atomic E-state index is 15.1. The first kappa shape index (κ1) is 25.4. The summed E-state index contributed by atoms with van der Waals surface area (Å²) in [5, 5.41) is 14.9. The lowest BCUT2D eigenvalue weighted by Crippen LogP contribution is -2.38. The van der Waals surface area contributed by atoms with Crippen LogP contribution in [0.5, 0.6) is 0 Å². The summed E-state index contributed by atoms with van der Waals surface area (Å²) in [6.45, 7) is 1.79. The summed E-state index contributed by atoms with van der Waals surface area (Å²) >= 11 is 6.45. The number of aliphatic hydroxyl groups is 1. The lowest BCUT2D eigenvalue weighted by Gasteiger charge is -2.30. The Morgan fingerprint density at radius 1 is 1.03 bits per heavy atom. The van der Waals surface area contributed by atoms with Crippen LogP contribution in [0.2, 0.25) is 5.02 Å². The second kappa shape index (κ2) is 9.59. The molecule has 5 rings (SSSR count). The zero-order valence-corrected chi connectivity index (χ0v) is 21.3. The Morgan fingerprint density at radius 2 is 1.70 bits per heavy atom. The van der Waals surface area contributed by atoms with Gasteiger partial charge in [0.2, 0.25) is 0 Å². The number of hydrogen-bond donors (Lipinski definition) is 2. The maximum Gasteiger partial charge on any atom is 0.160 e. The summed E-state index contributed by atoms with van der Waals surface area (Å²) in [5.74, 6) is -1.13. The van der Waals surface area contributed by atoms with Crippen LogP contribution in [0.4, 0.5) is 14.5 Å². The highest BCUT2D eigenvalue weighted by Crippen LogP contribution is 2.37. The summed E-state index contributed by atoms with van der Waals surface area (Å²) in [4.78, 5) is 12.7. The van der Waals surface area contributed by atoms with Gasteiger partial charge in [0.05, 0.1) is 33.8 Å². The van der Waals surface area contributed by atoms with E-state index in [9.17, 15) is 17.9 Å². The average molecular weight is 545 g/mol. The van der Waals surface area contributed by atoms with Crippen LogP contribution in [0.1, 0.15) is 37.2 Å². The molecule has 4 aromatic rings. The molecule has 3 heterocycles. The molecule has 2 aromatic heterocycles. The highest BCUT2D eigenvalue weighted by molar-refractivity contribution is 7.91. The van der Waals surface area contributed by atoms with E-state index in [1.165, 1.54) is 30.7 Å². The van der Waals surface area contributed by atoms with Gasteiger partial charge in [0.1, 0.15) is 17.2 Å². The van der Waals surface area contributed by atoms with Gasteiger partial charge >= 0.3 is 0 Å². The lowest BCUT2D eigenvalue weighted by atomic mass is 9.95. The molecule has 0 aliphatic carbocycles. The number of fused-ring (bicyclic) bond motifs is 1.